The first-order valence-corrected chi connectivity index (χ1v) is 5.76. The predicted octanol–water partition coefficient (Wildman–Crippen LogP) is 1.57. The molecule has 0 aromatic carbocycles. The minimum Gasteiger partial charge on any atom is -0.411 e. The molecule has 0 spiro atoms. The third kappa shape index (κ3) is 0.703. The van der Waals surface area contributed by atoms with E-state index in [0.29, 0.717) is 23.7 Å². The van der Waals surface area contributed by atoms with E-state index in [4.69, 9.17) is 10.4 Å². The van der Waals surface area contributed by atoms with E-state index in [9.17, 15) is 0 Å². The van der Waals surface area contributed by atoms with Gasteiger partial charge in [0, 0.05) is 11.8 Å². The van der Waals surface area contributed by atoms with Gasteiger partial charge in [-0.2, -0.15) is 0 Å². The number of nitrogens with zero attached hydrogens (tertiary/aromatic N) is 2. The molecule has 6 atom stereocenters. The quantitative estimate of drug-likeness (QED) is 0.466. The van der Waals surface area contributed by atoms with E-state index in [2.05, 4.69) is 10.3 Å². The lowest BCUT2D eigenvalue weighted by Crippen LogP contribution is -2.26. The van der Waals surface area contributed by atoms with E-state index >= 15 is 0 Å². The molecule has 4 saturated carbocycles. The zero-order chi connectivity index (χ0) is 10.2. The number of hydrogen-bond acceptors (Lipinski definition) is 4. The van der Waals surface area contributed by atoms with Crippen LogP contribution in [0.5, 0.6) is 0 Å². The van der Waals surface area contributed by atoms with Gasteiger partial charge < -0.3 is 10.4 Å². The van der Waals surface area contributed by atoms with Crippen molar-refractivity contribution in [2.45, 2.75) is 19.3 Å². The fraction of sp³-hybridized carbons (Fsp3) is 0.818. The Kier molecular flexibility index (Phi) is 1.28. The van der Waals surface area contributed by atoms with Crippen molar-refractivity contribution in [1.29, 1.82) is 0 Å². The van der Waals surface area contributed by atoms with Crippen LogP contribution < -0.4 is 0 Å². The van der Waals surface area contributed by atoms with Crippen LogP contribution in [0.4, 0.5) is 0 Å². The summed E-state index contributed by atoms with van der Waals surface area (Å²) in [7, 11) is 0. The second-order valence-electron chi connectivity index (χ2n) is 5.53. The molecule has 0 aliphatic heterocycles. The molecule has 0 amide bonds. The molecule has 0 radical (unpaired) electrons. The molecule has 4 rings (SSSR count). The van der Waals surface area contributed by atoms with Gasteiger partial charge in [0.25, 0.3) is 0 Å². The van der Waals surface area contributed by atoms with Gasteiger partial charge in [-0.05, 0) is 42.9 Å². The van der Waals surface area contributed by atoms with Gasteiger partial charge in [-0.1, -0.05) is 10.3 Å². The zero-order valence-electron chi connectivity index (χ0n) is 8.37. The maximum atomic E-state index is 9.02. The Morgan fingerprint density at radius 3 is 1.67 bits per heavy atom. The van der Waals surface area contributed by atoms with Gasteiger partial charge in [0.2, 0.25) is 0 Å². The average Bonchev–Trinajstić information content (AvgIpc) is 2.83. The van der Waals surface area contributed by atoms with Crippen LogP contribution in [-0.4, -0.2) is 21.8 Å². The first-order chi connectivity index (χ1) is 7.35. The summed E-state index contributed by atoms with van der Waals surface area (Å²) in [5, 5.41) is 25.0. The summed E-state index contributed by atoms with van der Waals surface area (Å²) in [6, 6.07) is 0. The van der Waals surface area contributed by atoms with Crippen molar-refractivity contribution >= 4 is 11.4 Å². The van der Waals surface area contributed by atoms with Gasteiger partial charge in [0.05, 0.1) is 11.4 Å². The highest BCUT2D eigenvalue weighted by Crippen LogP contribution is 2.68. The molecule has 0 unspecified atom stereocenters. The van der Waals surface area contributed by atoms with E-state index in [1.807, 2.05) is 0 Å². The minimum atomic E-state index is 0.398. The Morgan fingerprint density at radius 1 is 0.800 bits per heavy atom. The molecule has 4 fully saturated rings. The molecule has 4 heteroatoms. The maximum Gasteiger partial charge on any atom is 0.0614 e. The molecule has 15 heavy (non-hydrogen) atoms. The summed E-state index contributed by atoms with van der Waals surface area (Å²) >= 11 is 0. The minimum absolute atomic E-state index is 0.398. The monoisotopic (exact) mass is 206 g/mol. The standard InChI is InChI=1S/C11H14N2O2/c14-12-8-2-4-5-3-9(13-15)11-7(5)1-6(4)10(8)11/h4-7,10-11,14-15H,1-3H2/b12-8+,13-9+/t4-,5+,6-,7+,10-,11-/m0/s1. The topological polar surface area (TPSA) is 65.2 Å². The number of oxime groups is 2. The lowest BCUT2D eigenvalue weighted by molar-refractivity contribution is 0.240. The van der Waals surface area contributed by atoms with E-state index < -0.39 is 0 Å². The molecule has 2 N–H and O–H groups in total. The first-order valence-electron chi connectivity index (χ1n) is 5.76. The summed E-state index contributed by atoms with van der Waals surface area (Å²) in [6.07, 6.45) is 3.24. The molecule has 0 aromatic heterocycles. The molecule has 4 aliphatic rings. The highest BCUT2D eigenvalue weighted by atomic mass is 16.4. The molecular formula is C11H14N2O2. The summed E-state index contributed by atoms with van der Waals surface area (Å²) in [5.74, 6) is 3.65. The van der Waals surface area contributed by atoms with Crippen LogP contribution in [0.25, 0.3) is 0 Å². The average molecular weight is 206 g/mol. The van der Waals surface area contributed by atoms with E-state index in [1.54, 1.807) is 0 Å². The second kappa shape index (κ2) is 2.36. The number of hydrogen-bond donors (Lipinski definition) is 2. The van der Waals surface area contributed by atoms with Crippen molar-refractivity contribution < 1.29 is 10.4 Å². The SMILES string of the molecule is O/N=C1\C[C@@H]2[C@@H]3C/C(=N\O)[C@@H]4[C@H]3C[C@H]2[C@@H]14. The maximum absolute atomic E-state index is 9.02. The number of rotatable bonds is 0. The third-order valence-corrected chi connectivity index (χ3v) is 5.42. The molecular weight excluding hydrogens is 192 g/mol. The van der Waals surface area contributed by atoms with E-state index in [1.165, 1.54) is 6.42 Å². The summed E-state index contributed by atoms with van der Waals surface area (Å²) < 4.78 is 0. The molecule has 4 nitrogen and oxygen atoms in total. The van der Waals surface area contributed by atoms with Gasteiger partial charge >= 0.3 is 0 Å². The van der Waals surface area contributed by atoms with Crippen molar-refractivity contribution in [3.05, 3.63) is 0 Å². The molecule has 0 heterocycles. The second-order valence-corrected chi connectivity index (χ2v) is 5.53. The van der Waals surface area contributed by atoms with Gasteiger partial charge in [-0.3, -0.25) is 0 Å². The predicted molar refractivity (Wildman–Crippen MR) is 53.2 cm³/mol. The Labute approximate surface area is 87.7 Å². The van der Waals surface area contributed by atoms with Crippen molar-refractivity contribution in [1.82, 2.24) is 0 Å². The normalized spacial score (nSPS) is 60.0. The van der Waals surface area contributed by atoms with Crippen molar-refractivity contribution in [3.63, 3.8) is 0 Å². The van der Waals surface area contributed by atoms with Crippen LogP contribution in [0.2, 0.25) is 0 Å². The van der Waals surface area contributed by atoms with Gasteiger partial charge in [-0.25, -0.2) is 0 Å². The van der Waals surface area contributed by atoms with Gasteiger partial charge in [0.1, 0.15) is 0 Å². The molecule has 0 aromatic rings. The Hall–Kier alpha value is -1.06. The Bertz CT molecular complexity index is 350. The van der Waals surface area contributed by atoms with Crippen LogP contribution in [0.3, 0.4) is 0 Å². The highest BCUT2D eigenvalue weighted by Gasteiger charge is 2.67. The summed E-state index contributed by atoms with van der Waals surface area (Å²) in [4.78, 5) is 0. The van der Waals surface area contributed by atoms with Crippen LogP contribution in [0.15, 0.2) is 10.3 Å². The van der Waals surface area contributed by atoms with Crippen molar-refractivity contribution in [2.75, 3.05) is 0 Å². The molecule has 0 saturated heterocycles. The Morgan fingerprint density at radius 2 is 1.27 bits per heavy atom. The fourth-order valence-corrected chi connectivity index (χ4v) is 5.14. The van der Waals surface area contributed by atoms with Crippen LogP contribution in [-0.2, 0) is 0 Å². The summed E-state index contributed by atoms with van der Waals surface area (Å²) in [5.41, 5.74) is 1.95. The lowest BCUT2D eigenvalue weighted by Gasteiger charge is -2.24. The first kappa shape index (κ1) is 8.13. The van der Waals surface area contributed by atoms with Crippen molar-refractivity contribution in [3.8, 4) is 0 Å². The molecule has 80 valence electrons. The van der Waals surface area contributed by atoms with Crippen LogP contribution >= 0.6 is 0 Å². The van der Waals surface area contributed by atoms with Crippen LogP contribution in [0, 0.1) is 35.5 Å². The van der Waals surface area contributed by atoms with Gasteiger partial charge in [0.15, 0.2) is 0 Å². The van der Waals surface area contributed by atoms with Crippen molar-refractivity contribution in [2.24, 2.45) is 45.8 Å². The fourth-order valence-electron chi connectivity index (χ4n) is 5.14. The van der Waals surface area contributed by atoms with Gasteiger partial charge in [-0.15, -0.1) is 0 Å². The summed E-state index contributed by atoms with van der Waals surface area (Å²) in [6.45, 7) is 0. The van der Waals surface area contributed by atoms with E-state index in [-0.39, 0.29) is 0 Å². The zero-order valence-corrected chi connectivity index (χ0v) is 8.37. The lowest BCUT2D eigenvalue weighted by atomic mass is 9.79. The largest absolute Gasteiger partial charge is 0.411 e. The smallest absolute Gasteiger partial charge is 0.0614 e. The Balaban J connectivity index is 1.87. The highest BCUT2D eigenvalue weighted by molar-refractivity contribution is 6.00. The molecule has 4 aliphatic carbocycles. The molecule has 2 bridgehead atoms. The third-order valence-electron chi connectivity index (χ3n) is 5.42. The van der Waals surface area contributed by atoms with E-state index in [0.717, 1.165) is 36.1 Å². The van der Waals surface area contributed by atoms with Crippen LogP contribution in [0.1, 0.15) is 19.3 Å². The number of fused-ring (bicyclic) bond motifs is 2.